The highest BCUT2D eigenvalue weighted by atomic mass is 79.9. The summed E-state index contributed by atoms with van der Waals surface area (Å²) in [6.07, 6.45) is -0.529. The molecule has 1 aliphatic heterocycles. The molecule has 0 radical (unpaired) electrons. The van der Waals surface area contributed by atoms with Crippen LogP contribution in [0.3, 0.4) is 0 Å². The van der Waals surface area contributed by atoms with Gasteiger partial charge in [0.1, 0.15) is 11.6 Å². The maximum atomic E-state index is 14.0. The number of rotatable bonds is 4. The van der Waals surface area contributed by atoms with Gasteiger partial charge in [0.15, 0.2) is 11.9 Å². The minimum absolute atomic E-state index is 0.0880. The Morgan fingerprint density at radius 3 is 2.83 bits per heavy atom. The van der Waals surface area contributed by atoms with Crippen LogP contribution in [0, 0.1) is 5.82 Å². The van der Waals surface area contributed by atoms with Crippen molar-refractivity contribution in [2.75, 3.05) is 0 Å². The Morgan fingerprint density at radius 2 is 2.14 bits per heavy atom. The van der Waals surface area contributed by atoms with E-state index in [2.05, 4.69) is 25.7 Å². The van der Waals surface area contributed by atoms with Gasteiger partial charge in [0, 0.05) is 30.0 Å². The zero-order valence-corrected chi connectivity index (χ0v) is 17.2. The molecule has 2 aromatic carbocycles. The third-order valence-corrected chi connectivity index (χ3v) is 5.60. The molecule has 0 saturated carbocycles. The summed E-state index contributed by atoms with van der Waals surface area (Å²) >= 11 is 9.50. The Morgan fingerprint density at radius 1 is 1.38 bits per heavy atom. The van der Waals surface area contributed by atoms with Crippen molar-refractivity contribution in [1.29, 1.82) is 0 Å². The monoisotopic (exact) mass is 488 g/mol. The Hall–Kier alpha value is -2.26. The number of nitrogens with zero attached hydrogens (tertiary/aromatic N) is 2. The first-order chi connectivity index (χ1) is 13.8. The van der Waals surface area contributed by atoms with Crippen LogP contribution in [0.2, 0.25) is 5.02 Å². The van der Waals surface area contributed by atoms with Crippen LogP contribution >= 0.6 is 27.5 Å². The lowest BCUT2D eigenvalue weighted by atomic mass is 10.0. The van der Waals surface area contributed by atoms with Crippen molar-refractivity contribution in [2.24, 2.45) is 0 Å². The predicted octanol–water partition coefficient (Wildman–Crippen LogP) is 5.79. The Balaban J connectivity index is 1.94. The molecule has 0 bridgehead atoms. The smallest absolute Gasteiger partial charge is 0.387 e. The van der Waals surface area contributed by atoms with Crippen molar-refractivity contribution in [1.82, 2.24) is 9.55 Å². The fourth-order valence-corrected chi connectivity index (χ4v) is 4.29. The second-order valence-corrected chi connectivity index (χ2v) is 7.74. The van der Waals surface area contributed by atoms with E-state index in [0.29, 0.717) is 22.4 Å². The standard InChI is InChI=1S/C19H13BrClF3N2O3/c1-8(27)28-16-7-14(17-10(21)3-2-4-15(17)29-19(23)24)26-13-5-9(20)11(22)6-12(13)25-18(16)26/h2-6,14,16,19H,7H2,1H3/t14-,16+/m1/s1. The molecule has 4 rings (SSSR count). The maximum Gasteiger partial charge on any atom is 0.387 e. The lowest BCUT2D eigenvalue weighted by Gasteiger charge is -2.20. The third-order valence-electron chi connectivity index (χ3n) is 4.67. The van der Waals surface area contributed by atoms with Crippen LogP contribution in [0.1, 0.15) is 36.9 Å². The van der Waals surface area contributed by atoms with E-state index in [-0.39, 0.29) is 21.7 Å². The van der Waals surface area contributed by atoms with Crippen LogP contribution in [0.5, 0.6) is 5.75 Å². The summed E-state index contributed by atoms with van der Waals surface area (Å²) in [6, 6.07) is 6.62. The Bertz CT molecular complexity index is 1120. The molecule has 2 heterocycles. The van der Waals surface area contributed by atoms with E-state index in [1.54, 1.807) is 10.6 Å². The largest absolute Gasteiger partial charge is 0.454 e. The molecule has 29 heavy (non-hydrogen) atoms. The highest BCUT2D eigenvalue weighted by molar-refractivity contribution is 9.10. The number of halogens is 5. The Kier molecular flexibility index (Phi) is 5.20. The number of benzene rings is 2. The van der Waals surface area contributed by atoms with E-state index in [4.69, 9.17) is 16.3 Å². The number of aromatic nitrogens is 2. The van der Waals surface area contributed by atoms with Gasteiger partial charge >= 0.3 is 12.6 Å². The van der Waals surface area contributed by atoms with Gasteiger partial charge in [0.25, 0.3) is 0 Å². The highest BCUT2D eigenvalue weighted by Gasteiger charge is 2.39. The van der Waals surface area contributed by atoms with E-state index in [1.807, 2.05) is 0 Å². The van der Waals surface area contributed by atoms with Gasteiger partial charge < -0.3 is 14.0 Å². The van der Waals surface area contributed by atoms with Crippen LogP contribution in [-0.2, 0) is 9.53 Å². The molecule has 152 valence electrons. The number of hydrogen-bond donors (Lipinski definition) is 0. The molecule has 0 N–H and O–H groups in total. The number of alkyl halides is 2. The second-order valence-electron chi connectivity index (χ2n) is 6.47. The summed E-state index contributed by atoms with van der Waals surface area (Å²) < 4.78 is 51.9. The molecule has 0 aliphatic carbocycles. The average Bonchev–Trinajstić information content (AvgIpc) is 3.13. The van der Waals surface area contributed by atoms with Gasteiger partial charge in [-0.25, -0.2) is 9.37 Å². The number of carbonyl (C=O) groups excluding carboxylic acids is 1. The van der Waals surface area contributed by atoms with Gasteiger partial charge in [-0.1, -0.05) is 17.7 Å². The van der Waals surface area contributed by atoms with Crippen molar-refractivity contribution in [3.8, 4) is 5.75 Å². The van der Waals surface area contributed by atoms with Crippen LogP contribution in [0.25, 0.3) is 11.0 Å². The molecular formula is C19H13BrClF3N2O3. The number of ether oxygens (including phenoxy) is 2. The number of imidazole rings is 1. The summed E-state index contributed by atoms with van der Waals surface area (Å²) in [4.78, 5) is 16.0. The van der Waals surface area contributed by atoms with Gasteiger partial charge in [-0.3, -0.25) is 4.79 Å². The van der Waals surface area contributed by atoms with Crippen LogP contribution in [0.15, 0.2) is 34.8 Å². The third kappa shape index (κ3) is 3.57. The van der Waals surface area contributed by atoms with E-state index in [9.17, 15) is 18.0 Å². The van der Waals surface area contributed by atoms with Gasteiger partial charge in [0.05, 0.1) is 21.5 Å². The summed E-state index contributed by atoms with van der Waals surface area (Å²) in [5.74, 6) is -0.741. The number of carbonyl (C=O) groups is 1. The molecule has 0 fully saturated rings. The van der Waals surface area contributed by atoms with E-state index >= 15 is 0 Å². The topological polar surface area (TPSA) is 53.4 Å². The molecule has 0 spiro atoms. The van der Waals surface area contributed by atoms with E-state index < -0.39 is 30.5 Å². The minimum Gasteiger partial charge on any atom is -0.454 e. The molecule has 1 aliphatic rings. The zero-order valence-electron chi connectivity index (χ0n) is 14.8. The number of esters is 1. The molecular weight excluding hydrogens is 477 g/mol. The van der Waals surface area contributed by atoms with Gasteiger partial charge in [-0.05, 0) is 34.1 Å². The molecule has 5 nitrogen and oxygen atoms in total. The summed E-state index contributed by atoms with van der Waals surface area (Å²) in [5.41, 5.74) is 1.19. The Labute approximate surface area is 176 Å². The lowest BCUT2D eigenvalue weighted by Crippen LogP contribution is -2.11. The minimum atomic E-state index is -3.04. The zero-order chi connectivity index (χ0) is 20.9. The van der Waals surface area contributed by atoms with Crippen molar-refractivity contribution in [3.63, 3.8) is 0 Å². The van der Waals surface area contributed by atoms with Gasteiger partial charge in [-0.15, -0.1) is 0 Å². The second kappa shape index (κ2) is 7.53. The first-order valence-corrected chi connectivity index (χ1v) is 9.70. The first kappa shape index (κ1) is 20.0. The fourth-order valence-electron chi connectivity index (χ4n) is 3.66. The van der Waals surface area contributed by atoms with Crippen molar-refractivity contribution < 1.29 is 27.4 Å². The van der Waals surface area contributed by atoms with E-state index in [1.165, 1.54) is 31.2 Å². The van der Waals surface area contributed by atoms with Crippen LogP contribution in [-0.4, -0.2) is 22.1 Å². The highest BCUT2D eigenvalue weighted by Crippen LogP contribution is 2.48. The molecule has 1 aromatic heterocycles. The van der Waals surface area contributed by atoms with Crippen molar-refractivity contribution in [2.45, 2.75) is 32.1 Å². The first-order valence-electron chi connectivity index (χ1n) is 8.53. The van der Waals surface area contributed by atoms with Crippen LogP contribution in [0.4, 0.5) is 13.2 Å². The average molecular weight is 490 g/mol. The fraction of sp³-hybridized carbons (Fsp3) is 0.263. The normalized spacial score (nSPS) is 18.3. The number of fused-ring (bicyclic) bond motifs is 3. The molecule has 3 aromatic rings. The van der Waals surface area contributed by atoms with E-state index in [0.717, 1.165) is 0 Å². The summed E-state index contributed by atoms with van der Waals surface area (Å²) in [6.45, 7) is -1.78. The predicted molar refractivity (Wildman–Crippen MR) is 103 cm³/mol. The quantitative estimate of drug-likeness (QED) is 0.435. The summed E-state index contributed by atoms with van der Waals surface area (Å²) in [5, 5.41) is 0.214. The van der Waals surface area contributed by atoms with Gasteiger partial charge in [-0.2, -0.15) is 8.78 Å². The number of hydrogen-bond acceptors (Lipinski definition) is 4. The molecule has 10 heteroatoms. The summed E-state index contributed by atoms with van der Waals surface area (Å²) in [7, 11) is 0. The lowest BCUT2D eigenvalue weighted by molar-refractivity contribution is -0.146. The SMILES string of the molecule is CC(=O)O[C@H]1C[C@H](c2c(Cl)cccc2OC(F)F)n2c1nc1cc(F)c(Br)cc12. The molecule has 2 atom stereocenters. The molecule has 0 amide bonds. The molecule has 0 saturated heterocycles. The van der Waals surface area contributed by atoms with Gasteiger partial charge in [0.2, 0.25) is 0 Å². The van der Waals surface area contributed by atoms with Crippen molar-refractivity contribution >= 4 is 44.5 Å². The molecule has 0 unspecified atom stereocenters. The van der Waals surface area contributed by atoms with Crippen molar-refractivity contribution in [3.05, 3.63) is 57.0 Å². The van der Waals surface area contributed by atoms with Crippen LogP contribution < -0.4 is 4.74 Å². The maximum absolute atomic E-state index is 14.0.